The summed E-state index contributed by atoms with van der Waals surface area (Å²) in [6.45, 7) is -0.582. The van der Waals surface area contributed by atoms with Crippen LogP contribution < -0.4 is 4.74 Å². The lowest BCUT2D eigenvalue weighted by molar-refractivity contribution is 0.0903. The maximum absolute atomic E-state index is 13.0. The molecule has 5 heteroatoms. The Morgan fingerprint density at radius 1 is 0.923 bits per heavy atom. The van der Waals surface area contributed by atoms with Crippen LogP contribution in [0.2, 0.25) is 0 Å². The van der Waals surface area contributed by atoms with Gasteiger partial charge in [0.1, 0.15) is 12.4 Å². The molecule has 4 rings (SSSR count). The summed E-state index contributed by atoms with van der Waals surface area (Å²) < 4.78 is 5.25. The molecule has 1 N–H and O–H groups in total. The van der Waals surface area contributed by atoms with Crippen molar-refractivity contribution in [2.75, 3.05) is 13.7 Å². The molecule has 1 aliphatic rings. The first-order chi connectivity index (χ1) is 12.5. The van der Waals surface area contributed by atoms with Crippen LogP contribution in [0.5, 0.6) is 5.75 Å². The van der Waals surface area contributed by atoms with Gasteiger partial charge in [-0.2, -0.15) is 0 Å². The number of fused-ring (bicyclic) bond motifs is 3. The average molecular weight is 346 g/mol. The fourth-order valence-electron chi connectivity index (χ4n) is 3.34. The SMILES string of the molecule is COc1cccc2c1C(=O)c1cc3ccc(C(=O)CO)cc3cc1C2=O. The molecule has 1 aliphatic carbocycles. The first kappa shape index (κ1) is 16.2. The summed E-state index contributed by atoms with van der Waals surface area (Å²) in [6.07, 6.45) is 0. The van der Waals surface area contributed by atoms with Crippen LogP contribution in [0.15, 0.2) is 48.5 Å². The molecule has 0 unspecified atom stereocenters. The van der Waals surface area contributed by atoms with Crippen LogP contribution in [0.1, 0.15) is 42.2 Å². The van der Waals surface area contributed by atoms with E-state index in [1.807, 2.05) is 0 Å². The van der Waals surface area contributed by atoms with Gasteiger partial charge in [0.15, 0.2) is 17.3 Å². The van der Waals surface area contributed by atoms with Crippen LogP contribution >= 0.6 is 0 Å². The fraction of sp³-hybridized carbons (Fsp3) is 0.0952. The van der Waals surface area contributed by atoms with Gasteiger partial charge in [0.25, 0.3) is 0 Å². The summed E-state index contributed by atoms with van der Waals surface area (Å²) in [6, 6.07) is 13.1. The van der Waals surface area contributed by atoms with Gasteiger partial charge in [-0.15, -0.1) is 0 Å². The lowest BCUT2D eigenvalue weighted by Crippen LogP contribution is -2.21. The number of ether oxygens (including phenoxy) is 1. The lowest BCUT2D eigenvalue weighted by Gasteiger charge is -2.20. The summed E-state index contributed by atoms with van der Waals surface area (Å²) in [5, 5.41) is 10.4. The van der Waals surface area contributed by atoms with E-state index in [4.69, 9.17) is 9.84 Å². The highest BCUT2D eigenvalue weighted by molar-refractivity contribution is 6.30. The molecule has 3 aromatic rings. The molecular weight excluding hydrogens is 332 g/mol. The summed E-state index contributed by atoms with van der Waals surface area (Å²) in [5.41, 5.74) is 1.57. The minimum Gasteiger partial charge on any atom is -0.496 e. The van der Waals surface area contributed by atoms with Gasteiger partial charge < -0.3 is 9.84 Å². The molecule has 0 saturated heterocycles. The van der Waals surface area contributed by atoms with Crippen molar-refractivity contribution in [2.45, 2.75) is 0 Å². The molecule has 0 heterocycles. The highest BCUT2D eigenvalue weighted by Crippen LogP contribution is 2.35. The molecule has 128 valence electrons. The monoisotopic (exact) mass is 346 g/mol. The topological polar surface area (TPSA) is 80.7 Å². The molecule has 0 radical (unpaired) electrons. The number of rotatable bonds is 3. The van der Waals surface area contributed by atoms with Crippen molar-refractivity contribution in [3.05, 3.63) is 76.3 Å². The van der Waals surface area contributed by atoms with Crippen molar-refractivity contribution in [1.29, 1.82) is 0 Å². The number of carbonyl (C=O) groups excluding carboxylic acids is 3. The van der Waals surface area contributed by atoms with Gasteiger partial charge in [0.05, 0.1) is 12.7 Å². The van der Waals surface area contributed by atoms with Gasteiger partial charge in [-0.3, -0.25) is 14.4 Å². The third-order valence-corrected chi connectivity index (χ3v) is 4.65. The Labute approximate surface area is 148 Å². The standard InChI is InChI=1S/C21H14O5/c1-26-18-4-2-3-14-19(18)21(25)16-8-11-5-6-12(17(23)10-22)7-13(11)9-15(16)20(14)24/h2-9,22H,10H2,1H3. The molecule has 26 heavy (non-hydrogen) atoms. The van der Waals surface area contributed by atoms with Crippen LogP contribution in [-0.2, 0) is 0 Å². The number of carbonyl (C=O) groups is 3. The second kappa shape index (κ2) is 5.89. The first-order valence-corrected chi connectivity index (χ1v) is 8.03. The number of aliphatic hydroxyl groups excluding tert-OH is 1. The Morgan fingerprint density at radius 3 is 2.38 bits per heavy atom. The predicted octanol–water partition coefficient (Wildman–Crippen LogP) is 2.80. The van der Waals surface area contributed by atoms with E-state index >= 15 is 0 Å². The zero-order valence-corrected chi connectivity index (χ0v) is 13.9. The number of hydrogen-bond acceptors (Lipinski definition) is 5. The quantitative estimate of drug-likeness (QED) is 0.577. The number of Topliss-reactive ketones (excluding diaryl/α,β-unsaturated/α-hetero) is 1. The average Bonchev–Trinajstić information content (AvgIpc) is 2.69. The highest BCUT2D eigenvalue weighted by atomic mass is 16.5. The summed E-state index contributed by atoms with van der Waals surface area (Å²) in [4.78, 5) is 37.6. The molecule has 5 nitrogen and oxygen atoms in total. The fourth-order valence-corrected chi connectivity index (χ4v) is 3.34. The second-order valence-electron chi connectivity index (χ2n) is 6.08. The summed E-state index contributed by atoms with van der Waals surface area (Å²) in [5.74, 6) is -0.545. The van der Waals surface area contributed by atoms with E-state index in [0.717, 1.165) is 5.39 Å². The van der Waals surface area contributed by atoms with Crippen molar-refractivity contribution in [3.63, 3.8) is 0 Å². The van der Waals surface area contributed by atoms with Crippen molar-refractivity contribution in [1.82, 2.24) is 0 Å². The van der Waals surface area contributed by atoms with Crippen molar-refractivity contribution in [2.24, 2.45) is 0 Å². The molecule has 0 amide bonds. The van der Waals surface area contributed by atoms with Crippen molar-refractivity contribution >= 4 is 28.1 Å². The maximum atomic E-state index is 13.0. The van der Waals surface area contributed by atoms with Gasteiger partial charge in [-0.1, -0.05) is 24.3 Å². The van der Waals surface area contributed by atoms with E-state index in [1.54, 1.807) is 48.5 Å². The van der Waals surface area contributed by atoms with E-state index in [9.17, 15) is 14.4 Å². The Kier molecular flexibility index (Phi) is 3.67. The summed E-state index contributed by atoms with van der Waals surface area (Å²) in [7, 11) is 1.46. The predicted molar refractivity (Wildman–Crippen MR) is 95.2 cm³/mol. The Morgan fingerprint density at radius 2 is 1.65 bits per heavy atom. The minimum atomic E-state index is -0.582. The zero-order chi connectivity index (χ0) is 18.4. The third-order valence-electron chi connectivity index (χ3n) is 4.65. The van der Waals surface area contributed by atoms with Gasteiger partial charge >= 0.3 is 0 Å². The van der Waals surface area contributed by atoms with E-state index in [0.29, 0.717) is 33.4 Å². The van der Waals surface area contributed by atoms with E-state index in [2.05, 4.69) is 0 Å². The number of aliphatic hydroxyl groups is 1. The smallest absolute Gasteiger partial charge is 0.198 e. The largest absolute Gasteiger partial charge is 0.496 e. The van der Waals surface area contributed by atoms with Gasteiger partial charge in [0, 0.05) is 22.3 Å². The number of methoxy groups -OCH3 is 1. The highest BCUT2D eigenvalue weighted by Gasteiger charge is 2.32. The third kappa shape index (κ3) is 2.25. The van der Waals surface area contributed by atoms with Crippen molar-refractivity contribution < 1.29 is 24.2 Å². The number of ketones is 3. The molecular formula is C21H14O5. The molecule has 0 bridgehead atoms. The Hall–Kier alpha value is -3.31. The van der Waals surface area contributed by atoms with Crippen LogP contribution in [0.25, 0.3) is 10.8 Å². The molecule has 0 saturated carbocycles. The van der Waals surface area contributed by atoms with Gasteiger partial charge in [-0.05, 0) is 35.0 Å². The zero-order valence-electron chi connectivity index (χ0n) is 13.9. The number of hydrogen-bond donors (Lipinski definition) is 1. The van der Waals surface area contributed by atoms with Crippen LogP contribution in [-0.4, -0.2) is 36.2 Å². The maximum Gasteiger partial charge on any atom is 0.198 e. The minimum absolute atomic E-state index is 0.255. The molecule has 0 aromatic heterocycles. The van der Waals surface area contributed by atoms with Crippen LogP contribution in [0.3, 0.4) is 0 Å². The second-order valence-corrected chi connectivity index (χ2v) is 6.08. The number of benzene rings is 3. The van der Waals surface area contributed by atoms with Crippen LogP contribution in [0.4, 0.5) is 0 Å². The van der Waals surface area contributed by atoms with E-state index in [1.165, 1.54) is 7.11 Å². The molecule has 0 fully saturated rings. The summed E-state index contributed by atoms with van der Waals surface area (Å²) >= 11 is 0. The molecule has 0 aliphatic heterocycles. The Balaban J connectivity index is 1.96. The van der Waals surface area contributed by atoms with E-state index in [-0.39, 0.29) is 17.1 Å². The van der Waals surface area contributed by atoms with Crippen LogP contribution in [0, 0.1) is 0 Å². The Bertz CT molecular complexity index is 1110. The van der Waals surface area contributed by atoms with Gasteiger partial charge in [-0.25, -0.2) is 0 Å². The normalized spacial score (nSPS) is 12.7. The first-order valence-electron chi connectivity index (χ1n) is 8.03. The lowest BCUT2D eigenvalue weighted by atomic mass is 9.82. The molecule has 0 atom stereocenters. The molecule has 0 spiro atoms. The van der Waals surface area contributed by atoms with Gasteiger partial charge in [0.2, 0.25) is 0 Å². The molecule has 3 aromatic carbocycles. The van der Waals surface area contributed by atoms with Crippen molar-refractivity contribution in [3.8, 4) is 5.75 Å². The van der Waals surface area contributed by atoms with E-state index < -0.39 is 12.4 Å².